The summed E-state index contributed by atoms with van der Waals surface area (Å²) in [4.78, 5) is 24.0. The van der Waals surface area contributed by atoms with Crippen molar-refractivity contribution < 1.29 is 19.0 Å². The number of thiazole rings is 1. The molecule has 0 saturated carbocycles. The number of aliphatic imine (C=N–C) groups is 1. The third-order valence-electron chi connectivity index (χ3n) is 5.01. The standard InChI is InChI=1S/C24H15ClFN3O3S/c1-32-20-10-13(7-8-19(20)30)9-18-23(31)29(22(27-18)14-5-3-2-4-6-14)24-28-17-11-15(25)16(26)12-21(17)33-24/h2-12,30H,1H3. The smallest absolute Gasteiger partial charge is 0.284 e. The van der Waals surface area contributed by atoms with Gasteiger partial charge in [0.2, 0.25) is 0 Å². The van der Waals surface area contributed by atoms with Crippen molar-refractivity contribution in [2.24, 2.45) is 4.99 Å². The number of anilines is 1. The molecule has 1 aromatic heterocycles. The molecule has 1 N–H and O–H groups in total. The highest BCUT2D eigenvalue weighted by atomic mass is 35.5. The van der Waals surface area contributed by atoms with Crippen LogP contribution in [0.2, 0.25) is 5.02 Å². The van der Waals surface area contributed by atoms with E-state index in [9.17, 15) is 14.3 Å². The summed E-state index contributed by atoms with van der Waals surface area (Å²) in [7, 11) is 1.45. The number of fused-ring (bicyclic) bond motifs is 1. The van der Waals surface area contributed by atoms with Crippen LogP contribution in [0.1, 0.15) is 11.1 Å². The molecule has 3 aromatic carbocycles. The minimum absolute atomic E-state index is 0.00660. The van der Waals surface area contributed by atoms with Gasteiger partial charge in [-0.1, -0.05) is 59.3 Å². The molecule has 5 rings (SSSR count). The van der Waals surface area contributed by atoms with E-state index in [0.717, 1.165) is 5.56 Å². The molecule has 0 unspecified atom stereocenters. The number of hydrogen-bond acceptors (Lipinski definition) is 6. The second-order valence-electron chi connectivity index (χ2n) is 7.13. The molecule has 1 aliphatic rings. The lowest BCUT2D eigenvalue weighted by Crippen LogP contribution is -2.32. The summed E-state index contributed by atoms with van der Waals surface area (Å²) in [5.74, 6) is -0.252. The Balaban J connectivity index is 1.63. The average molecular weight is 480 g/mol. The van der Waals surface area contributed by atoms with Gasteiger partial charge in [-0.15, -0.1) is 0 Å². The van der Waals surface area contributed by atoms with Crippen LogP contribution in [0, 0.1) is 5.82 Å². The van der Waals surface area contributed by atoms with Crippen LogP contribution in [0.3, 0.4) is 0 Å². The number of phenols is 1. The second-order valence-corrected chi connectivity index (χ2v) is 8.55. The molecule has 1 aliphatic heterocycles. The lowest BCUT2D eigenvalue weighted by Gasteiger charge is -2.14. The summed E-state index contributed by atoms with van der Waals surface area (Å²) in [6.45, 7) is 0. The first-order chi connectivity index (χ1) is 15.9. The largest absolute Gasteiger partial charge is 0.504 e. The normalized spacial score (nSPS) is 14.9. The first kappa shape index (κ1) is 21.1. The minimum Gasteiger partial charge on any atom is -0.504 e. The molecule has 164 valence electrons. The quantitative estimate of drug-likeness (QED) is 0.384. The highest BCUT2D eigenvalue weighted by Crippen LogP contribution is 2.36. The van der Waals surface area contributed by atoms with Crippen molar-refractivity contribution >= 4 is 56.1 Å². The summed E-state index contributed by atoms with van der Waals surface area (Å²) in [5.41, 5.74) is 2.03. The SMILES string of the molecule is COc1cc(C=C2N=C(c3ccccc3)N(c3nc4cc(Cl)c(F)cc4s3)C2=O)ccc1O. The Morgan fingerprint density at radius 1 is 1.15 bits per heavy atom. The van der Waals surface area contributed by atoms with E-state index in [-0.39, 0.29) is 28.1 Å². The molecule has 0 aliphatic carbocycles. The number of phenolic OH excluding ortho intramolecular Hbond substituents is 1. The molecule has 0 radical (unpaired) electrons. The summed E-state index contributed by atoms with van der Waals surface area (Å²) in [6.07, 6.45) is 1.61. The van der Waals surface area contributed by atoms with Gasteiger partial charge in [0, 0.05) is 5.56 Å². The van der Waals surface area contributed by atoms with Crippen molar-refractivity contribution in [1.82, 2.24) is 4.98 Å². The molecule has 0 saturated heterocycles. The van der Waals surface area contributed by atoms with E-state index in [1.165, 1.54) is 41.5 Å². The molecule has 1 amide bonds. The van der Waals surface area contributed by atoms with E-state index in [2.05, 4.69) is 9.98 Å². The Hall–Kier alpha value is -3.75. The number of rotatable bonds is 4. The number of nitrogens with zero attached hydrogens (tertiary/aromatic N) is 3. The number of aromatic hydroxyl groups is 1. The molecule has 33 heavy (non-hydrogen) atoms. The van der Waals surface area contributed by atoms with Gasteiger partial charge in [0.15, 0.2) is 16.6 Å². The number of amides is 1. The maximum atomic E-state index is 14.0. The van der Waals surface area contributed by atoms with Crippen LogP contribution in [-0.4, -0.2) is 28.9 Å². The van der Waals surface area contributed by atoms with E-state index in [4.69, 9.17) is 16.3 Å². The van der Waals surface area contributed by atoms with Crippen LogP contribution in [0.25, 0.3) is 16.3 Å². The van der Waals surface area contributed by atoms with Crippen LogP contribution in [-0.2, 0) is 4.79 Å². The lowest BCUT2D eigenvalue weighted by atomic mass is 10.1. The number of methoxy groups -OCH3 is 1. The molecule has 0 bridgehead atoms. The van der Waals surface area contributed by atoms with Gasteiger partial charge in [-0.2, -0.15) is 0 Å². The maximum Gasteiger partial charge on any atom is 0.284 e. The van der Waals surface area contributed by atoms with Crippen LogP contribution in [0.4, 0.5) is 9.52 Å². The van der Waals surface area contributed by atoms with Crippen molar-refractivity contribution in [3.05, 3.63) is 88.3 Å². The van der Waals surface area contributed by atoms with Crippen molar-refractivity contribution in [1.29, 1.82) is 0 Å². The molecule has 0 atom stereocenters. The first-order valence-corrected chi connectivity index (χ1v) is 11.0. The third kappa shape index (κ3) is 3.83. The topological polar surface area (TPSA) is 75.0 Å². The van der Waals surface area contributed by atoms with Gasteiger partial charge in [-0.3, -0.25) is 4.79 Å². The molecular formula is C24H15ClFN3O3S. The number of ether oxygens (including phenoxy) is 1. The minimum atomic E-state index is -0.550. The molecule has 0 fully saturated rings. The maximum absolute atomic E-state index is 14.0. The van der Waals surface area contributed by atoms with E-state index in [0.29, 0.717) is 26.7 Å². The number of benzene rings is 3. The van der Waals surface area contributed by atoms with Crippen molar-refractivity contribution in [2.75, 3.05) is 12.0 Å². The summed E-state index contributed by atoms with van der Waals surface area (Å²) in [5, 5.41) is 10.2. The van der Waals surface area contributed by atoms with E-state index in [1.807, 2.05) is 30.3 Å². The molecule has 9 heteroatoms. The fourth-order valence-corrected chi connectivity index (χ4v) is 4.55. The number of carbonyl (C=O) groups is 1. The van der Waals surface area contributed by atoms with E-state index in [1.54, 1.807) is 18.2 Å². The predicted octanol–water partition coefficient (Wildman–Crippen LogP) is 5.64. The fraction of sp³-hybridized carbons (Fsp3) is 0.0417. The molecule has 2 heterocycles. The first-order valence-electron chi connectivity index (χ1n) is 9.77. The number of hydrogen-bond donors (Lipinski definition) is 1. The summed E-state index contributed by atoms with van der Waals surface area (Å²) >= 11 is 7.08. The second kappa shape index (κ2) is 8.31. The molecule has 6 nitrogen and oxygen atoms in total. The van der Waals surface area contributed by atoms with Gasteiger partial charge < -0.3 is 9.84 Å². The zero-order valence-corrected chi connectivity index (χ0v) is 18.7. The Morgan fingerprint density at radius 3 is 2.70 bits per heavy atom. The van der Waals surface area contributed by atoms with Crippen molar-refractivity contribution in [2.45, 2.75) is 0 Å². The summed E-state index contributed by atoms with van der Waals surface area (Å²) < 4.78 is 19.7. The predicted molar refractivity (Wildman–Crippen MR) is 128 cm³/mol. The van der Waals surface area contributed by atoms with Crippen molar-refractivity contribution in [3.8, 4) is 11.5 Å². The van der Waals surface area contributed by atoms with Crippen molar-refractivity contribution in [3.63, 3.8) is 0 Å². The van der Waals surface area contributed by atoms with Crippen LogP contribution in [0.5, 0.6) is 11.5 Å². The highest BCUT2D eigenvalue weighted by Gasteiger charge is 2.34. The Bertz CT molecular complexity index is 1430. The van der Waals surface area contributed by atoms with Crippen LogP contribution < -0.4 is 9.64 Å². The zero-order chi connectivity index (χ0) is 23.1. The average Bonchev–Trinajstić information content (AvgIpc) is 3.36. The zero-order valence-electron chi connectivity index (χ0n) is 17.1. The molecule has 4 aromatic rings. The Labute approximate surface area is 196 Å². The number of carbonyl (C=O) groups excluding carboxylic acids is 1. The fourth-order valence-electron chi connectivity index (χ4n) is 3.42. The number of amidine groups is 1. The van der Waals surface area contributed by atoms with Crippen LogP contribution >= 0.6 is 22.9 Å². The van der Waals surface area contributed by atoms with E-state index < -0.39 is 5.82 Å². The monoisotopic (exact) mass is 479 g/mol. The third-order valence-corrected chi connectivity index (χ3v) is 6.30. The van der Waals surface area contributed by atoms with Gasteiger partial charge in [0.25, 0.3) is 5.91 Å². The molecule has 0 spiro atoms. The van der Waals surface area contributed by atoms with Gasteiger partial charge in [0.1, 0.15) is 17.3 Å². The molecular weight excluding hydrogens is 465 g/mol. The highest BCUT2D eigenvalue weighted by molar-refractivity contribution is 7.22. The number of aromatic nitrogens is 1. The number of halogens is 2. The van der Waals surface area contributed by atoms with E-state index >= 15 is 0 Å². The van der Waals surface area contributed by atoms with Gasteiger partial charge in [0.05, 0.1) is 22.3 Å². The van der Waals surface area contributed by atoms with Gasteiger partial charge in [-0.05, 0) is 35.9 Å². The summed E-state index contributed by atoms with van der Waals surface area (Å²) in [6, 6.07) is 16.7. The Kier molecular flexibility index (Phi) is 5.32. The lowest BCUT2D eigenvalue weighted by molar-refractivity contribution is -0.113. The van der Waals surface area contributed by atoms with Crippen LogP contribution in [0.15, 0.2) is 71.4 Å². The van der Waals surface area contributed by atoms with Gasteiger partial charge >= 0.3 is 0 Å². The van der Waals surface area contributed by atoms with Gasteiger partial charge in [-0.25, -0.2) is 19.3 Å². The Morgan fingerprint density at radius 2 is 1.94 bits per heavy atom.